The van der Waals surface area contributed by atoms with Crippen molar-refractivity contribution in [1.82, 2.24) is 14.7 Å². The summed E-state index contributed by atoms with van der Waals surface area (Å²) in [6, 6.07) is 3.00. The second kappa shape index (κ2) is 7.25. The van der Waals surface area contributed by atoms with Gasteiger partial charge in [0.1, 0.15) is 5.65 Å². The lowest BCUT2D eigenvalue weighted by molar-refractivity contribution is 0.0929. The fourth-order valence-electron chi connectivity index (χ4n) is 3.23. The number of ether oxygens (including phenoxy) is 1. The summed E-state index contributed by atoms with van der Waals surface area (Å²) in [5, 5.41) is 3.00. The van der Waals surface area contributed by atoms with E-state index in [1.807, 2.05) is 0 Å². The Balaban J connectivity index is 1.94. The summed E-state index contributed by atoms with van der Waals surface area (Å²) in [4.78, 5) is 16.9. The number of rotatable bonds is 5. The van der Waals surface area contributed by atoms with E-state index in [2.05, 4.69) is 10.3 Å². The van der Waals surface area contributed by atoms with E-state index in [1.54, 1.807) is 6.07 Å². The van der Waals surface area contributed by atoms with Gasteiger partial charge in [0.15, 0.2) is 0 Å². The van der Waals surface area contributed by atoms with Crippen LogP contribution in [0.3, 0.4) is 0 Å². The summed E-state index contributed by atoms with van der Waals surface area (Å²) in [5.74, 6) is -0.258. The molecule has 2 heterocycles. The molecule has 3 rings (SSSR count). The highest BCUT2D eigenvalue weighted by atomic mass is 19.3. The Morgan fingerprint density at radius 2 is 2.17 bits per heavy atom. The molecule has 0 unspecified atom stereocenters. The van der Waals surface area contributed by atoms with Crippen LogP contribution in [-0.4, -0.2) is 28.4 Å². The predicted octanol–water partition coefficient (Wildman–Crippen LogP) is 3.48. The fourth-order valence-corrected chi connectivity index (χ4v) is 3.23. The molecule has 1 amide bonds. The van der Waals surface area contributed by atoms with Crippen molar-refractivity contribution in [1.29, 1.82) is 0 Å². The molecule has 24 heavy (non-hydrogen) atoms. The van der Waals surface area contributed by atoms with Gasteiger partial charge in [0.2, 0.25) is 0 Å². The number of nitrogens with zero attached hydrogens (tertiary/aromatic N) is 2. The Morgan fingerprint density at radius 1 is 1.42 bits per heavy atom. The van der Waals surface area contributed by atoms with E-state index in [4.69, 9.17) is 4.74 Å². The quantitative estimate of drug-likeness (QED) is 0.909. The summed E-state index contributed by atoms with van der Waals surface area (Å²) < 4.78 is 32.9. The molecule has 130 valence electrons. The van der Waals surface area contributed by atoms with E-state index in [0.29, 0.717) is 11.3 Å². The molecule has 1 aliphatic carbocycles. The zero-order chi connectivity index (χ0) is 17.1. The Labute approximate surface area is 139 Å². The third-order valence-corrected chi connectivity index (χ3v) is 4.40. The van der Waals surface area contributed by atoms with Crippen LogP contribution in [0.4, 0.5) is 8.78 Å². The molecule has 0 aromatic carbocycles. The second-order valence-electron chi connectivity index (χ2n) is 6.14. The van der Waals surface area contributed by atoms with Crippen LogP contribution >= 0.6 is 0 Å². The van der Waals surface area contributed by atoms with Crippen LogP contribution in [0.2, 0.25) is 0 Å². The summed E-state index contributed by atoms with van der Waals surface area (Å²) in [6.45, 7) is 0.116. The molecule has 0 radical (unpaired) electrons. The lowest BCUT2D eigenvalue weighted by atomic mass is 9.95. The maximum absolute atomic E-state index is 13.3. The van der Waals surface area contributed by atoms with Crippen LogP contribution in [0.1, 0.15) is 60.3 Å². The first-order chi connectivity index (χ1) is 11.6. The smallest absolute Gasteiger partial charge is 0.278 e. The lowest BCUT2D eigenvalue weighted by Gasteiger charge is -2.22. The van der Waals surface area contributed by atoms with Crippen molar-refractivity contribution >= 4 is 11.6 Å². The number of hydrogen-bond donors (Lipinski definition) is 1. The van der Waals surface area contributed by atoms with Gasteiger partial charge >= 0.3 is 0 Å². The van der Waals surface area contributed by atoms with E-state index in [1.165, 1.54) is 30.2 Å². The number of hydrogen-bond acceptors (Lipinski definition) is 3. The molecule has 2 aromatic rings. The molecule has 0 saturated heterocycles. The van der Waals surface area contributed by atoms with Crippen LogP contribution in [0.5, 0.6) is 0 Å². The molecule has 2 aromatic heterocycles. The molecule has 0 atom stereocenters. The summed E-state index contributed by atoms with van der Waals surface area (Å²) >= 11 is 0. The lowest BCUT2D eigenvalue weighted by Crippen LogP contribution is -2.36. The largest absolute Gasteiger partial charge is 0.378 e. The van der Waals surface area contributed by atoms with Crippen molar-refractivity contribution in [2.45, 2.75) is 51.2 Å². The number of carbonyl (C=O) groups excluding carboxylic acids is 1. The molecule has 0 bridgehead atoms. The highest BCUT2D eigenvalue weighted by Crippen LogP contribution is 2.24. The number of methoxy groups -OCH3 is 1. The molecule has 5 nitrogen and oxygen atoms in total. The molecule has 1 N–H and O–H groups in total. The minimum Gasteiger partial charge on any atom is -0.378 e. The first-order valence-electron chi connectivity index (χ1n) is 8.19. The van der Waals surface area contributed by atoms with E-state index < -0.39 is 6.43 Å². The first-order valence-corrected chi connectivity index (χ1v) is 8.19. The zero-order valence-electron chi connectivity index (χ0n) is 13.6. The van der Waals surface area contributed by atoms with Gasteiger partial charge in [0.05, 0.1) is 23.6 Å². The van der Waals surface area contributed by atoms with Crippen LogP contribution in [0.15, 0.2) is 18.3 Å². The number of aromatic nitrogens is 2. The predicted molar refractivity (Wildman–Crippen MR) is 85.2 cm³/mol. The van der Waals surface area contributed by atoms with Gasteiger partial charge in [0, 0.05) is 19.3 Å². The maximum atomic E-state index is 13.3. The van der Waals surface area contributed by atoms with Gasteiger partial charge in [-0.05, 0) is 25.0 Å². The Bertz CT molecular complexity index is 724. The van der Waals surface area contributed by atoms with E-state index in [9.17, 15) is 13.6 Å². The van der Waals surface area contributed by atoms with Gasteiger partial charge in [0.25, 0.3) is 12.3 Å². The molecular weight excluding hydrogens is 316 g/mol. The highest BCUT2D eigenvalue weighted by Gasteiger charge is 2.22. The fraction of sp³-hybridized carbons (Fsp3) is 0.529. The van der Waals surface area contributed by atoms with Crippen LogP contribution in [0.25, 0.3) is 5.65 Å². The number of fused-ring (bicyclic) bond motifs is 1. The zero-order valence-corrected chi connectivity index (χ0v) is 13.6. The first kappa shape index (κ1) is 16.8. The van der Waals surface area contributed by atoms with Gasteiger partial charge in [-0.3, -0.25) is 9.20 Å². The highest BCUT2D eigenvalue weighted by molar-refractivity contribution is 6.00. The average molecular weight is 337 g/mol. The number of carbonyl (C=O) groups is 1. The Kier molecular flexibility index (Phi) is 5.08. The van der Waals surface area contributed by atoms with E-state index in [-0.39, 0.29) is 29.9 Å². The topological polar surface area (TPSA) is 55.6 Å². The molecule has 1 aliphatic rings. The van der Waals surface area contributed by atoms with Crippen molar-refractivity contribution in [2.24, 2.45) is 0 Å². The van der Waals surface area contributed by atoms with Gasteiger partial charge in [-0.15, -0.1) is 0 Å². The van der Waals surface area contributed by atoms with Crippen molar-refractivity contribution in [2.75, 3.05) is 7.11 Å². The molecule has 0 spiro atoms. The minimum atomic E-state index is -2.66. The van der Waals surface area contributed by atoms with Gasteiger partial charge in [-0.25, -0.2) is 13.8 Å². The maximum Gasteiger partial charge on any atom is 0.278 e. The molecular formula is C17H21F2N3O2. The number of alkyl halides is 2. The van der Waals surface area contributed by atoms with Crippen LogP contribution in [0, 0.1) is 0 Å². The monoisotopic (exact) mass is 337 g/mol. The number of amides is 1. The standard InChI is InChI=1S/C17H21F2N3O2/c1-24-10-12-9-14(15(18)19)22-8-7-13(16(22)20-12)17(23)21-11-5-3-2-4-6-11/h7-9,11,15H,2-6,10H2,1H3,(H,21,23). The van der Waals surface area contributed by atoms with Crippen molar-refractivity contribution in [3.63, 3.8) is 0 Å². The Morgan fingerprint density at radius 3 is 2.83 bits per heavy atom. The van der Waals surface area contributed by atoms with E-state index in [0.717, 1.165) is 25.7 Å². The molecule has 1 fully saturated rings. The minimum absolute atomic E-state index is 0.116. The molecule has 1 saturated carbocycles. The third kappa shape index (κ3) is 3.40. The van der Waals surface area contributed by atoms with Crippen molar-refractivity contribution < 1.29 is 18.3 Å². The Hall–Kier alpha value is -2.02. The SMILES string of the molecule is COCc1cc(C(F)F)n2ccc(C(=O)NC3CCCCC3)c2n1. The summed E-state index contributed by atoms with van der Waals surface area (Å²) in [7, 11) is 1.47. The van der Waals surface area contributed by atoms with Crippen LogP contribution < -0.4 is 5.32 Å². The molecule has 7 heteroatoms. The van der Waals surface area contributed by atoms with Gasteiger partial charge in [-0.2, -0.15) is 0 Å². The third-order valence-electron chi connectivity index (χ3n) is 4.40. The number of halogens is 2. The van der Waals surface area contributed by atoms with Crippen LogP contribution in [-0.2, 0) is 11.3 Å². The average Bonchev–Trinajstić information content (AvgIpc) is 2.99. The normalized spacial score (nSPS) is 16.0. The van der Waals surface area contributed by atoms with E-state index >= 15 is 0 Å². The van der Waals surface area contributed by atoms with Crippen molar-refractivity contribution in [3.8, 4) is 0 Å². The van der Waals surface area contributed by atoms with Gasteiger partial charge in [-0.1, -0.05) is 19.3 Å². The van der Waals surface area contributed by atoms with Crippen molar-refractivity contribution in [3.05, 3.63) is 35.3 Å². The number of nitrogens with one attached hydrogen (secondary N) is 1. The summed E-state index contributed by atoms with van der Waals surface area (Å²) in [5.41, 5.74) is 0.753. The van der Waals surface area contributed by atoms with Gasteiger partial charge < -0.3 is 10.1 Å². The molecule has 0 aliphatic heterocycles. The summed E-state index contributed by atoms with van der Waals surface area (Å²) in [6.07, 6.45) is 4.13. The second-order valence-corrected chi connectivity index (χ2v) is 6.14.